The van der Waals surface area contributed by atoms with E-state index >= 15 is 0 Å². The molecule has 0 spiro atoms. The predicted octanol–water partition coefficient (Wildman–Crippen LogP) is 3.73. The number of carbonyl (C=O) groups is 2. The highest BCUT2D eigenvalue weighted by Gasteiger charge is 2.56. The lowest BCUT2D eigenvalue weighted by molar-refractivity contribution is -0.131. The van der Waals surface area contributed by atoms with Crippen molar-refractivity contribution in [3.63, 3.8) is 0 Å². The van der Waals surface area contributed by atoms with Crippen LogP contribution in [0.15, 0.2) is 18.2 Å². The van der Waals surface area contributed by atoms with Crippen LogP contribution < -0.4 is 5.32 Å². The third-order valence-corrected chi connectivity index (χ3v) is 6.79. The Balaban J connectivity index is 1.60. The van der Waals surface area contributed by atoms with Gasteiger partial charge in [0.05, 0.1) is 39.9 Å². The molecule has 4 rings (SSSR count). The maximum Gasteiger partial charge on any atom is 0.318 e. The number of alkyl halides is 2. The van der Waals surface area contributed by atoms with Crippen molar-refractivity contribution in [2.45, 2.75) is 50.7 Å². The number of nitrogens with zero attached hydrogens (tertiary/aromatic N) is 3. The van der Waals surface area contributed by atoms with Crippen LogP contribution in [-0.2, 0) is 13.1 Å². The molecule has 1 N–H and O–H groups in total. The molecule has 1 aliphatic carbocycles. The summed E-state index contributed by atoms with van der Waals surface area (Å²) in [5.74, 6) is -2.74. The van der Waals surface area contributed by atoms with Crippen molar-refractivity contribution < 1.29 is 18.4 Å². The van der Waals surface area contributed by atoms with Crippen molar-refractivity contribution in [3.05, 3.63) is 39.5 Å². The number of amides is 2. The minimum absolute atomic E-state index is 0.158. The van der Waals surface area contributed by atoms with Gasteiger partial charge in [0.15, 0.2) is 7.85 Å². The number of rotatable bonds is 4. The molecular weight excluding hydrogens is 448 g/mol. The fourth-order valence-corrected chi connectivity index (χ4v) is 4.68. The molecule has 1 fully saturated rings. The molecule has 2 aromatic rings. The second-order valence-electron chi connectivity index (χ2n) is 8.27. The van der Waals surface area contributed by atoms with E-state index in [1.165, 1.54) is 12.7 Å². The van der Waals surface area contributed by atoms with Crippen molar-refractivity contribution in [1.82, 2.24) is 20.0 Å². The van der Waals surface area contributed by atoms with E-state index in [2.05, 4.69) is 10.4 Å². The molecule has 1 aromatic carbocycles. The summed E-state index contributed by atoms with van der Waals surface area (Å²) in [6.45, 7) is 2.69. The number of aromatic nitrogens is 2. The summed E-state index contributed by atoms with van der Waals surface area (Å²) in [4.78, 5) is 26.9. The van der Waals surface area contributed by atoms with Gasteiger partial charge < -0.3 is 15.0 Å². The van der Waals surface area contributed by atoms with E-state index in [1.807, 2.05) is 0 Å². The van der Waals surface area contributed by atoms with Crippen molar-refractivity contribution in [2.24, 2.45) is 0 Å². The third kappa shape index (κ3) is 4.05. The molecule has 0 atom stereocenters. The second-order valence-corrected chi connectivity index (χ2v) is 9.09. The third-order valence-electron chi connectivity index (χ3n) is 6.06. The monoisotopic (exact) mass is 468 g/mol. The molecule has 1 aromatic heterocycles. The Morgan fingerprint density at radius 2 is 1.94 bits per heavy atom. The number of benzene rings is 1. The molecule has 0 bridgehead atoms. The standard InChI is InChI=1S/C20H21BCl2F2N4O2/c1-2-19(9-20(24,25)10-19)26-18(31)28-5-6-29-14(8-28)15(17(21)30)16(27-29)11-3-4-12(22)13(23)7-11/h3-4,7H,2,5-6,8-10,21H2,1H3,(H,26,31). The molecule has 31 heavy (non-hydrogen) atoms. The molecule has 11 heteroatoms. The smallest absolute Gasteiger partial charge is 0.318 e. The molecule has 164 valence electrons. The number of carbonyl (C=O) groups excluding carboxylic acids is 2. The van der Waals surface area contributed by atoms with Crippen LogP contribution in [0.3, 0.4) is 0 Å². The zero-order valence-electron chi connectivity index (χ0n) is 17.1. The van der Waals surface area contributed by atoms with Gasteiger partial charge in [0.1, 0.15) is 11.4 Å². The quantitative estimate of drug-likeness (QED) is 0.695. The van der Waals surface area contributed by atoms with E-state index in [0.717, 1.165) is 0 Å². The van der Waals surface area contributed by atoms with Crippen molar-refractivity contribution in [3.8, 4) is 11.3 Å². The van der Waals surface area contributed by atoms with Crippen molar-refractivity contribution >= 4 is 42.8 Å². The summed E-state index contributed by atoms with van der Waals surface area (Å²) in [7, 11) is 1.44. The van der Waals surface area contributed by atoms with Crippen LogP contribution in [-0.4, -0.2) is 52.2 Å². The normalized spacial score (nSPS) is 18.8. The van der Waals surface area contributed by atoms with Crippen LogP contribution in [0, 0.1) is 0 Å². The minimum Gasteiger partial charge on any atom is -0.332 e. The van der Waals surface area contributed by atoms with Crippen molar-refractivity contribution in [2.75, 3.05) is 6.54 Å². The number of halogens is 4. The molecule has 0 saturated heterocycles. The molecular formula is C20H21BCl2F2N4O2. The van der Waals surface area contributed by atoms with Crippen LogP contribution in [0.4, 0.5) is 13.6 Å². The lowest BCUT2D eigenvalue weighted by Gasteiger charge is -2.48. The molecule has 0 radical (unpaired) electrons. The van der Waals surface area contributed by atoms with Crippen molar-refractivity contribution in [1.29, 1.82) is 0 Å². The Hall–Kier alpha value is -2.13. The van der Waals surface area contributed by atoms with E-state index in [4.69, 9.17) is 23.2 Å². The van der Waals surface area contributed by atoms with E-state index in [0.29, 0.717) is 52.1 Å². The fourth-order valence-electron chi connectivity index (χ4n) is 4.38. The van der Waals surface area contributed by atoms with Crippen LogP contribution in [0.1, 0.15) is 42.2 Å². The van der Waals surface area contributed by atoms with Gasteiger partial charge in [-0.1, -0.05) is 36.2 Å². The number of hydrogen-bond acceptors (Lipinski definition) is 3. The first-order chi connectivity index (χ1) is 14.5. The zero-order chi connectivity index (χ0) is 22.6. The van der Waals surface area contributed by atoms with Crippen LogP contribution in [0.2, 0.25) is 10.0 Å². The lowest BCUT2D eigenvalue weighted by atomic mass is 9.71. The van der Waals surface area contributed by atoms with Gasteiger partial charge in [-0.05, 0) is 18.6 Å². The molecule has 2 aliphatic rings. The molecule has 2 amide bonds. The Labute approximate surface area is 189 Å². The predicted molar refractivity (Wildman–Crippen MR) is 117 cm³/mol. The summed E-state index contributed by atoms with van der Waals surface area (Å²) in [6.07, 6.45) is -0.275. The number of fused-ring (bicyclic) bond motifs is 1. The highest BCUT2D eigenvalue weighted by Crippen LogP contribution is 2.47. The van der Waals surface area contributed by atoms with E-state index in [9.17, 15) is 18.4 Å². The Kier molecular flexibility index (Phi) is 5.54. The van der Waals surface area contributed by atoms with Gasteiger partial charge in [0, 0.05) is 24.9 Å². The summed E-state index contributed by atoms with van der Waals surface area (Å²) in [5.41, 5.74) is 1.09. The van der Waals surface area contributed by atoms with Gasteiger partial charge >= 0.3 is 6.03 Å². The molecule has 1 saturated carbocycles. The van der Waals surface area contributed by atoms with Gasteiger partial charge in [-0.3, -0.25) is 4.68 Å². The van der Waals surface area contributed by atoms with Gasteiger partial charge in [0.25, 0.3) is 5.92 Å². The maximum absolute atomic E-state index is 13.4. The number of urea groups is 1. The van der Waals surface area contributed by atoms with Crippen LogP contribution >= 0.6 is 23.2 Å². The van der Waals surface area contributed by atoms with Gasteiger partial charge in [-0.25, -0.2) is 13.6 Å². The summed E-state index contributed by atoms with van der Waals surface area (Å²) in [5, 5.41) is 8.12. The minimum atomic E-state index is -2.74. The second kappa shape index (κ2) is 7.78. The molecule has 2 heterocycles. The van der Waals surface area contributed by atoms with Crippen LogP contribution in [0.25, 0.3) is 11.3 Å². The SMILES string of the molecule is BC(=O)c1c(-c2ccc(Cl)c(Cl)c2)nn2c1CN(C(=O)NC1(CC)CC(F)(F)C1)CC2. The molecule has 1 aliphatic heterocycles. The zero-order valence-corrected chi connectivity index (χ0v) is 18.7. The Bertz CT molecular complexity index is 1070. The largest absolute Gasteiger partial charge is 0.332 e. The average molecular weight is 469 g/mol. The first-order valence-corrected chi connectivity index (χ1v) is 10.8. The summed E-state index contributed by atoms with van der Waals surface area (Å²) in [6, 6.07) is 4.62. The Morgan fingerprint density at radius 3 is 2.52 bits per heavy atom. The fraction of sp³-hybridized carbons (Fsp3) is 0.450. The number of nitrogens with one attached hydrogen (secondary N) is 1. The van der Waals surface area contributed by atoms with E-state index < -0.39 is 17.5 Å². The van der Waals surface area contributed by atoms with Gasteiger partial charge in [-0.15, -0.1) is 0 Å². The summed E-state index contributed by atoms with van der Waals surface area (Å²) < 4.78 is 28.6. The van der Waals surface area contributed by atoms with E-state index in [1.54, 1.807) is 29.8 Å². The topological polar surface area (TPSA) is 67.2 Å². The highest BCUT2D eigenvalue weighted by atomic mass is 35.5. The van der Waals surface area contributed by atoms with Gasteiger partial charge in [-0.2, -0.15) is 5.10 Å². The number of hydrogen-bond donors (Lipinski definition) is 1. The summed E-state index contributed by atoms with van der Waals surface area (Å²) >= 11 is 12.1. The first-order valence-electron chi connectivity index (χ1n) is 10.1. The van der Waals surface area contributed by atoms with E-state index in [-0.39, 0.29) is 25.1 Å². The average Bonchev–Trinajstić information content (AvgIpc) is 3.07. The molecule has 6 nitrogen and oxygen atoms in total. The lowest BCUT2D eigenvalue weighted by Crippen LogP contribution is -2.64. The Morgan fingerprint density at radius 1 is 1.23 bits per heavy atom. The van der Waals surface area contributed by atoms with Gasteiger partial charge in [0.2, 0.25) is 0 Å². The van der Waals surface area contributed by atoms with Crippen LogP contribution in [0.5, 0.6) is 0 Å². The maximum atomic E-state index is 13.4. The molecule has 0 unspecified atom stereocenters. The first kappa shape index (κ1) is 22.1. The highest BCUT2D eigenvalue weighted by molar-refractivity contribution is 6.63.